The van der Waals surface area contributed by atoms with E-state index in [2.05, 4.69) is 46.9 Å². The van der Waals surface area contributed by atoms with Crippen LogP contribution in [0.4, 0.5) is 4.39 Å². The van der Waals surface area contributed by atoms with Crippen molar-refractivity contribution in [1.29, 1.82) is 0 Å². The lowest BCUT2D eigenvalue weighted by molar-refractivity contribution is -0.130. The molecule has 0 bridgehead atoms. The molecular weight excluding hydrogens is 403 g/mol. The number of aryl methyl sites for hydroxylation is 1. The average molecular weight is 437 g/mol. The molecule has 0 unspecified atom stereocenters. The summed E-state index contributed by atoms with van der Waals surface area (Å²) in [6.07, 6.45) is 2.10. The molecule has 0 spiro atoms. The first-order valence-electron chi connectivity index (χ1n) is 11.5. The number of piperidine rings is 1. The molecule has 1 aliphatic rings. The third-order valence-electron chi connectivity index (χ3n) is 6.57. The fourth-order valence-corrected chi connectivity index (χ4v) is 4.84. The molecule has 1 aromatic carbocycles. The number of hydrogen-bond acceptors (Lipinski definition) is 3. The zero-order valence-electron chi connectivity index (χ0n) is 19.7. The molecule has 3 heterocycles. The van der Waals surface area contributed by atoms with Crippen LogP contribution in [0.25, 0.3) is 22.2 Å². The topological polar surface area (TPSA) is 52.2 Å². The second kappa shape index (κ2) is 9.02. The second-order valence-electron chi connectivity index (χ2n) is 9.53. The van der Waals surface area contributed by atoms with Crippen LogP contribution in [-0.4, -0.2) is 59.4 Å². The second-order valence-corrected chi connectivity index (χ2v) is 9.53. The zero-order chi connectivity index (χ0) is 23.0. The summed E-state index contributed by atoms with van der Waals surface area (Å²) in [5.74, 6) is 0.496. The summed E-state index contributed by atoms with van der Waals surface area (Å²) in [6, 6.07) is 10.1. The quantitative estimate of drug-likeness (QED) is 0.568. The fourth-order valence-electron chi connectivity index (χ4n) is 4.84. The van der Waals surface area contributed by atoms with Crippen molar-refractivity contribution in [3.05, 3.63) is 53.1 Å². The predicted octanol–water partition coefficient (Wildman–Crippen LogP) is 5.07. The van der Waals surface area contributed by atoms with Crippen LogP contribution in [0.5, 0.6) is 0 Å². The normalized spacial score (nSPS) is 15.6. The molecule has 0 aliphatic carbocycles. The third kappa shape index (κ3) is 4.56. The molecule has 0 saturated carbocycles. The van der Waals surface area contributed by atoms with Gasteiger partial charge in [-0.25, -0.2) is 4.98 Å². The van der Waals surface area contributed by atoms with Gasteiger partial charge in [0.05, 0.1) is 12.2 Å². The van der Waals surface area contributed by atoms with Crippen LogP contribution in [0.15, 0.2) is 30.3 Å². The number of pyridine rings is 1. The number of rotatable bonds is 5. The van der Waals surface area contributed by atoms with E-state index in [0.717, 1.165) is 42.7 Å². The van der Waals surface area contributed by atoms with Crippen molar-refractivity contribution in [2.24, 2.45) is 0 Å². The molecule has 170 valence electrons. The Balaban J connectivity index is 1.62. The van der Waals surface area contributed by atoms with Gasteiger partial charge in [-0.15, -0.1) is 0 Å². The predicted molar refractivity (Wildman–Crippen MR) is 127 cm³/mol. The van der Waals surface area contributed by atoms with Crippen molar-refractivity contribution in [1.82, 2.24) is 19.8 Å². The number of halogens is 1. The lowest BCUT2D eigenvalue weighted by atomic mass is 9.87. The maximum absolute atomic E-state index is 14.0. The third-order valence-corrected chi connectivity index (χ3v) is 6.57. The van der Waals surface area contributed by atoms with E-state index in [-0.39, 0.29) is 5.91 Å². The van der Waals surface area contributed by atoms with Gasteiger partial charge in [-0.2, -0.15) is 4.39 Å². The van der Waals surface area contributed by atoms with E-state index in [4.69, 9.17) is 0 Å². The van der Waals surface area contributed by atoms with Gasteiger partial charge in [0.2, 0.25) is 11.9 Å². The van der Waals surface area contributed by atoms with Gasteiger partial charge in [-0.3, -0.25) is 9.69 Å². The SMILES string of the molecule is Cc1cc(-c2[nH]c3ccc(C4CCN(CC(=O)N(C)C)CC4)cc3c2C(C)C)cc(F)n1. The fraction of sp³-hybridized carbons (Fsp3) is 0.462. The van der Waals surface area contributed by atoms with Crippen LogP contribution in [0.2, 0.25) is 0 Å². The highest BCUT2D eigenvalue weighted by Crippen LogP contribution is 2.38. The Labute approximate surface area is 189 Å². The first kappa shape index (κ1) is 22.5. The van der Waals surface area contributed by atoms with E-state index in [9.17, 15) is 9.18 Å². The molecule has 3 aromatic rings. The number of fused-ring (bicyclic) bond motifs is 1. The van der Waals surface area contributed by atoms with Crippen molar-refractivity contribution in [2.45, 2.75) is 45.4 Å². The Morgan fingerprint density at radius 2 is 1.94 bits per heavy atom. The molecular formula is C26H33FN4O. The minimum atomic E-state index is -0.450. The van der Waals surface area contributed by atoms with Crippen molar-refractivity contribution in [3.63, 3.8) is 0 Å². The van der Waals surface area contributed by atoms with Crippen LogP contribution >= 0.6 is 0 Å². The monoisotopic (exact) mass is 436 g/mol. The number of carbonyl (C=O) groups is 1. The van der Waals surface area contributed by atoms with E-state index < -0.39 is 5.95 Å². The van der Waals surface area contributed by atoms with Gasteiger partial charge in [-0.1, -0.05) is 19.9 Å². The molecule has 1 saturated heterocycles. The van der Waals surface area contributed by atoms with E-state index >= 15 is 0 Å². The number of carbonyl (C=O) groups excluding carboxylic acids is 1. The zero-order valence-corrected chi connectivity index (χ0v) is 19.7. The van der Waals surface area contributed by atoms with Crippen LogP contribution in [-0.2, 0) is 4.79 Å². The largest absolute Gasteiger partial charge is 0.354 e. The van der Waals surface area contributed by atoms with Gasteiger partial charge in [0.25, 0.3) is 0 Å². The highest BCUT2D eigenvalue weighted by molar-refractivity contribution is 5.92. The summed E-state index contributed by atoms with van der Waals surface area (Å²) < 4.78 is 14.0. The summed E-state index contributed by atoms with van der Waals surface area (Å²) in [4.78, 5) is 23.4. The van der Waals surface area contributed by atoms with Gasteiger partial charge >= 0.3 is 0 Å². The van der Waals surface area contributed by atoms with Crippen LogP contribution in [0.3, 0.4) is 0 Å². The first-order chi connectivity index (χ1) is 15.2. The van der Waals surface area contributed by atoms with Gasteiger partial charge in [0.15, 0.2) is 0 Å². The minimum Gasteiger partial charge on any atom is -0.354 e. The Morgan fingerprint density at radius 1 is 1.22 bits per heavy atom. The molecule has 1 N–H and O–H groups in total. The maximum atomic E-state index is 14.0. The summed E-state index contributed by atoms with van der Waals surface area (Å²) in [7, 11) is 3.62. The first-order valence-corrected chi connectivity index (χ1v) is 11.5. The van der Waals surface area contributed by atoms with Crippen LogP contribution in [0, 0.1) is 12.9 Å². The molecule has 1 amide bonds. The van der Waals surface area contributed by atoms with Crippen molar-refractivity contribution in [3.8, 4) is 11.3 Å². The highest BCUT2D eigenvalue weighted by Gasteiger charge is 2.24. The van der Waals surface area contributed by atoms with Gasteiger partial charge in [-0.05, 0) is 74.0 Å². The van der Waals surface area contributed by atoms with E-state index in [0.29, 0.717) is 24.1 Å². The van der Waals surface area contributed by atoms with Gasteiger partial charge in [0, 0.05) is 42.3 Å². The summed E-state index contributed by atoms with van der Waals surface area (Å²) in [5.41, 5.74) is 6.15. The lowest BCUT2D eigenvalue weighted by Crippen LogP contribution is -2.40. The van der Waals surface area contributed by atoms with Gasteiger partial charge in [0.1, 0.15) is 0 Å². The van der Waals surface area contributed by atoms with E-state index in [1.165, 1.54) is 22.6 Å². The molecule has 1 aliphatic heterocycles. The number of aromatic amines is 1. The number of nitrogens with one attached hydrogen (secondary N) is 1. The number of likely N-dealkylation sites (tertiary alicyclic amines) is 1. The minimum absolute atomic E-state index is 0.161. The maximum Gasteiger partial charge on any atom is 0.236 e. The number of benzene rings is 1. The molecule has 4 rings (SSSR count). The molecule has 6 heteroatoms. The molecule has 0 radical (unpaired) electrons. The molecule has 2 aromatic heterocycles. The van der Waals surface area contributed by atoms with Crippen LogP contribution < -0.4 is 0 Å². The number of nitrogens with zero attached hydrogens (tertiary/aromatic N) is 3. The molecule has 1 fully saturated rings. The Morgan fingerprint density at radius 3 is 2.56 bits per heavy atom. The smallest absolute Gasteiger partial charge is 0.236 e. The molecule has 5 nitrogen and oxygen atoms in total. The Bertz CT molecular complexity index is 1110. The summed E-state index contributed by atoms with van der Waals surface area (Å²) >= 11 is 0. The Kier molecular flexibility index (Phi) is 6.33. The standard InChI is InChI=1S/C26H33FN4O/c1-16(2)25-21-13-19(18-8-10-31(11-9-18)15-24(32)30(4)5)6-7-22(21)29-26(25)20-12-17(3)28-23(27)14-20/h6-7,12-14,16,18,29H,8-11,15H2,1-5H3. The number of likely N-dealkylation sites (N-methyl/N-ethyl adjacent to an activating group) is 1. The van der Waals surface area contributed by atoms with E-state index in [1.54, 1.807) is 4.90 Å². The molecule has 0 atom stereocenters. The average Bonchev–Trinajstić information content (AvgIpc) is 3.12. The van der Waals surface area contributed by atoms with Crippen LogP contribution in [0.1, 0.15) is 55.3 Å². The van der Waals surface area contributed by atoms with Crippen molar-refractivity contribution < 1.29 is 9.18 Å². The lowest BCUT2D eigenvalue weighted by Gasteiger charge is -2.32. The number of H-pyrrole nitrogens is 1. The molecule has 32 heavy (non-hydrogen) atoms. The highest BCUT2D eigenvalue weighted by atomic mass is 19.1. The number of aromatic nitrogens is 2. The van der Waals surface area contributed by atoms with E-state index in [1.807, 2.05) is 27.1 Å². The van der Waals surface area contributed by atoms with Crippen molar-refractivity contribution >= 4 is 16.8 Å². The van der Waals surface area contributed by atoms with Gasteiger partial charge < -0.3 is 9.88 Å². The van der Waals surface area contributed by atoms with Crippen molar-refractivity contribution in [2.75, 3.05) is 33.7 Å². The summed E-state index contributed by atoms with van der Waals surface area (Å²) in [5, 5.41) is 1.22. The Hall–Kier alpha value is -2.73. The summed E-state index contributed by atoms with van der Waals surface area (Å²) in [6.45, 7) is 8.56. The number of hydrogen-bond donors (Lipinski definition) is 1. The number of amides is 1.